The molecule has 1 N–H and O–H groups in total. The molecule has 19 heavy (non-hydrogen) atoms. The predicted octanol–water partition coefficient (Wildman–Crippen LogP) is 3.13. The van der Waals surface area contributed by atoms with E-state index < -0.39 is 0 Å². The van der Waals surface area contributed by atoms with Gasteiger partial charge in [-0.15, -0.1) is 0 Å². The van der Waals surface area contributed by atoms with Crippen LogP contribution in [0.5, 0.6) is 5.75 Å². The first kappa shape index (κ1) is 13.7. The van der Waals surface area contributed by atoms with Crippen LogP contribution in [0.3, 0.4) is 0 Å². The second kappa shape index (κ2) is 5.93. The fraction of sp³-hybridized carbons (Fsp3) is 0.385. The van der Waals surface area contributed by atoms with Gasteiger partial charge in [-0.2, -0.15) is 5.10 Å². The zero-order valence-electron chi connectivity index (χ0n) is 11.2. The fourth-order valence-corrected chi connectivity index (χ4v) is 2.00. The highest BCUT2D eigenvalue weighted by molar-refractivity contribution is 6.30. The molecule has 0 saturated carbocycles. The second-order valence-electron chi connectivity index (χ2n) is 4.41. The molecule has 102 valence electrons. The highest BCUT2D eigenvalue weighted by Gasteiger charge is 2.09. The van der Waals surface area contributed by atoms with Crippen LogP contribution in [-0.2, 0) is 6.54 Å². The number of hydrogen-bond acceptors (Lipinski definition) is 4. The van der Waals surface area contributed by atoms with Crippen molar-refractivity contribution in [3.8, 4) is 5.75 Å². The van der Waals surface area contributed by atoms with Crippen molar-refractivity contribution >= 4 is 17.3 Å². The van der Waals surface area contributed by atoms with E-state index in [9.17, 15) is 0 Å². The van der Waals surface area contributed by atoms with E-state index in [4.69, 9.17) is 16.3 Å². The lowest BCUT2D eigenvalue weighted by Crippen LogP contribution is -2.12. The Kier molecular flexibility index (Phi) is 4.27. The molecule has 0 fully saturated rings. The number of nitrogens with one attached hydrogen (secondary N) is 1. The molecule has 0 aliphatic carbocycles. The van der Waals surface area contributed by atoms with Gasteiger partial charge in [-0.1, -0.05) is 11.6 Å². The Morgan fingerprint density at radius 3 is 2.89 bits per heavy atom. The summed E-state index contributed by atoms with van der Waals surface area (Å²) in [7, 11) is 1.63. The molecule has 0 aliphatic heterocycles. The van der Waals surface area contributed by atoms with Crippen LogP contribution in [-0.4, -0.2) is 21.9 Å². The van der Waals surface area contributed by atoms with E-state index in [-0.39, 0.29) is 6.04 Å². The van der Waals surface area contributed by atoms with Gasteiger partial charge in [-0.25, -0.2) is 9.67 Å². The van der Waals surface area contributed by atoms with Gasteiger partial charge in [-0.3, -0.25) is 0 Å². The first-order chi connectivity index (χ1) is 9.11. The fourth-order valence-electron chi connectivity index (χ4n) is 1.82. The maximum atomic E-state index is 5.99. The van der Waals surface area contributed by atoms with Crippen molar-refractivity contribution in [1.82, 2.24) is 14.8 Å². The third kappa shape index (κ3) is 3.17. The molecule has 0 aliphatic rings. The maximum absolute atomic E-state index is 5.99. The highest BCUT2D eigenvalue weighted by Crippen LogP contribution is 2.28. The minimum Gasteiger partial charge on any atom is -0.495 e. The Hall–Kier alpha value is -1.75. The molecule has 0 amide bonds. The molecule has 2 aromatic rings. The Labute approximate surface area is 117 Å². The number of aromatic nitrogens is 3. The molecule has 0 unspecified atom stereocenters. The summed E-state index contributed by atoms with van der Waals surface area (Å²) < 4.78 is 7.16. The van der Waals surface area contributed by atoms with E-state index in [0.29, 0.717) is 11.6 Å². The molecule has 0 saturated heterocycles. The van der Waals surface area contributed by atoms with Gasteiger partial charge in [-0.05, 0) is 32.0 Å². The SMILES string of the molecule is COc1ccc(Cl)cc1NCc1ncnn1C(C)C. The van der Waals surface area contributed by atoms with Gasteiger partial charge in [0.15, 0.2) is 0 Å². The molecule has 2 rings (SSSR count). The minimum atomic E-state index is 0.278. The van der Waals surface area contributed by atoms with E-state index >= 15 is 0 Å². The van der Waals surface area contributed by atoms with E-state index in [2.05, 4.69) is 29.2 Å². The van der Waals surface area contributed by atoms with Crippen molar-refractivity contribution in [3.05, 3.63) is 35.4 Å². The number of rotatable bonds is 5. The Bertz CT molecular complexity index is 553. The van der Waals surface area contributed by atoms with E-state index in [1.807, 2.05) is 16.8 Å². The molecule has 0 bridgehead atoms. The van der Waals surface area contributed by atoms with Gasteiger partial charge in [0.1, 0.15) is 17.9 Å². The van der Waals surface area contributed by atoms with E-state index in [1.165, 1.54) is 0 Å². The smallest absolute Gasteiger partial charge is 0.146 e. The van der Waals surface area contributed by atoms with Crippen molar-refractivity contribution in [2.24, 2.45) is 0 Å². The van der Waals surface area contributed by atoms with Gasteiger partial charge in [0.25, 0.3) is 0 Å². The van der Waals surface area contributed by atoms with Crippen molar-refractivity contribution in [2.45, 2.75) is 26.4 Å². The number of benzene rings is 1. The summed E-state index contributed by atoms with van der Waals surface area (Å²) in [4.78, 5) is 4.25. The topological polar surface area (TPSA) is 52.0 Å². The van der Waals surface area contributed by atoms with Crippen LogP contribution in [0.25, 0.3) is 0 Å². The molecule has 1 aromatic carbocycles. The van der Waals surface area contributed by atoms with Crippen molar-refractivity contribution in [2.75, 3.05) is 12.4 Å². The van der Waals surface area contributed by atoms with Crippen LogP contribution in [0.4, 0.5) is 5.69 Å². The molecular formula is C13H17ClN4O. The molecule has 5 nitrogen and oxygen atoms in total. The quantitative estimate of drug-likeness (QED) is 0.914. The summed E-state index contributed by atoms with van der Waals surface area (Å²) >= 11 is 5.99. The normalized spacial score (nSPS) is 10.8. The van der Waals surface area contributed by atoms with Crippen LogP contribution in [0.1, 0.15) is 25.7 Å². The molecule has 6 heteroatoms. The minimum absolute atomic E-state index is 0.278. The summed E-state index contributed by atoms with van der Waals surface area (Å²) in [5, 5.41) is 8.13. The summed E-state index contributed by atoms with van der Waals surface area (Å²) in [6.07, 6.45) is 1.56. The monoisotopic (exact) mass is 280 g/mol. The summed E-state index contributed by atoms with van der Waals surface area (Å²) in [6.45, 7) is 4.70. The van der Waals surface area contributed by atoms with Gasteiger partial charge in [0, 0.05) is 11.1 Å². The lowest BCUT2D eigenvalue weighted by molar-refractivity contribution is 0.416. The second-order valence-corrected chi connectivity index (χ2v) is 4.85. The van der Waals surface area contributed by atoms with Crippen molar-refractivity contribution < 1.29 is 4.74 Å². The summed E-state index contributed by atoms with van der Waals surface area (Å²) in [5.41, 5.74) is 0.841. The number of methoxy groups -OCH3 is 1. The predicted molar refractivity (Wildman–Crippen MR) is 75.7 cm³/mol. The van der Waals surface area contributed by atoms with Gasteiger partial charge in [0.2, 0.25) is 0 Å². The van der Waals surface area contributed by atoms with Crippen LogP contribution in [0.15, 0.2) is 24.5 Å². The summed E-state index contributed by atoms with van der Waals surface area (Å²) in [5.74, 6) is 1.62. The van der Waals surface area contributed by atoms with Crippen molar-refractivity contribution in [1.29, 1.82) is 0 Å². The van der Waals surface area contributed by atoms with Gasteiger partial charge >= 0.3 is 0 Å². The number of anilines is 1. The number of nitrogens with zero attached hydrogens (tertiary/aromatic N) is 3. The first-order valence-corrected chi connectivity index (χ1v) is 6.45. The maximum Gasteiger partial charge on any atom is 0.146 e. The third-order valence-electron chi connectivity index (χ3n) is 2.73. The van der Waals surface area contributed by atoms with Crippen molar-refractivity contribution in [3.63, 3.8) is 0 Å². The van der Waals surface area contributed by atoms with E-state index in [0.717, 1.165) is 17.3 Å². The van der Waals surface area contributed by atoms with Crippen LogP contribution >= 0.6 is 11.6 Å². The lowest BCUT2D eigenvalue weighted by Gasteiger charge is -2.13. The number of halogens is 1. The molecule has 1 aromatic heterocycles. The van der Waals surface area contributed by atoms with E-state index in [1.54, 1.807) is 19.5 Å². The zero-order chi connectivity index (χ0) is 13.8. The highest BCUT2D eigenvalue weighted by atomic mass is 35.5. The standard InChI is InChI=1S/C13H17ClN4O/c1-9(2)18-13(16-8-17-18)7-15-11-6-10(14)4-5-12(11)19-3/h4-6,8-9,15H,7H2,1-3H3. The van der Waals surface area contributed by atoms with Crippen LogP contribution < -0.4 is 10.1 Å². The number of hydrogen-bond donors (Lipinski definition) is 1. The molecule has 1 heterocycles. The van der Waals surface area contributed by atoms with Gasteiger partial charge < -0.3 is 10.1 Å². The Morgan fingerprint density at radius 2 is 2.21 bits per heavy atom. The lowest BCUT2D eigenvalue weighted by atomic mass is 10.3. The van der Waals surface area contributed by atoms with Crippen LogP contribution in [0.2, 0.25) is 5.02 Å². The first-order valence-electron chi connectivity index (χ1n) is 6.07. The Balaban J connectivity index is 2.14. The average molecular weight is 281 g/mol. The summed E-state index contributed by atoms with van der Waals surface area (Å²) in [6, 6.07) is 5.73. The number of ether oxygens (including phenoxy) is 1. The Morgan fingerprint density at radius 1 is 1.42 bits per heavy atom. The van der Waals surface area contributed by atoms with Gasteiger partial charge in [0.05, 0.1) is 19.3 Å². The third-order valence-corrected chi connectivity index (χ3v) is 2.97. The molecule has 0 atom stereocenters. The molecule has 0 spiro atoms. The largest absolute Gasteiger partial charge is 0.495 e. The average Bonchev–Trinajstić information content (AvgIpc) is 2.85. The van der Waals surface area contributed by atoms with Crippen LogP contribution in [0, 0.1) is 0 Å². The molecular weight excluding hydrogens is 264 g/mol. The molecule has 0 radical (unpaired) electrons. The zero-order valence-corrected chi connectivity index (χ0v) is 12.0.